The van der Waals surface area contributed by atoms with E-state index in [-0.39, 0.29) is 0 Å². The van der Waals surface area contributed by atoms with E-state index in [1.807, 2.05) is 43.8 Å². The van der Waals surface area contributed by atoms with Gasteiger partial charge in [0.2, 0.25) is 0 Å². The van der Waals surface area contributed by atoms with Gasteiger partial charge in [0.05, 0.1) is 17.0 Å². The Morgan fingerprint density at radius 2 is 1.65 bits per heavy atom. The van der Waals surface area contributed by atoms with Crippen LogP contribution in [0.15, 0.2) is 0 Å². The van der Waals surface area contributed by atoms with Crippen LogP contribution in [-0.2, 0) is 7.05 Å². The minimum absolute atomic E-state index is 0.367. The van der Waals surface area contributed by atoms with E-state index in [9.17, 15) is 0 Å². The summed E-state index contributed by atoms with van der Waals surface area (Å²) in [4.78, 5) is 4.28. The Morgan fingerprint density at radius 3 is 2.25 bits per heavy atom. The predicted octanol–water partition coefficient (Wildman–Crippen LogP) is 2.41. The van der Waals surface area contributed by atoms with Gasteiger partial charge in [-0.25, -0.2) is 4.98 Å². The Kier molecular flexibility index (Phi) is 2.79. The maximum absolute atomic E-state index is 6.16. The predicted molar refractivity (Wildman–Crippen MR) is 76.9 cm³/mol. The zero-order valence-corrected chi connectivity index (χ0v) is 12.8. The van der Waals surface area contributed by atoms with Crippen LogP contribution in [0.5, 0.6) is 0 Å². The van der Waals surface area contributed by atoms with E-state index >= 15 is 0 Å². The van der Waals surface area contributed by atoms with Crippen LogP contribution in [0.1, 0.15) is 22.8 Å². The maximum atomic E-state index is 6.16. The van der Waals surface area contributed by atoms with Gasteiger partial charge in [-0.1, -0.05) is 11.6 Å². The summed E-state index contributed by atoms with van der Waals surface area (Å²) in [5, 5.41) is 13.3. The van der Waals surface area contributed by atoms with Gasteiger partial charge in [-0.05, 0) is 27.7 Å². The van der Waals surface area contributed by atoms with Crippen molar-refractivity contribution >= 4 is 17.2 Å². The van der Waals surface area contributed by atoms with Gasteiger partial charge in [-0.15, -0.1) is 10.2 Å². The third-order valence-corrected chi connectivity index (χ3v) is 3.96. The number of fused-ring (bicyclic) bond motifs is 1. The third kappa shape index (κ3) is 1.64. The van der Waals surface area contributed by atoms with Gasteiger partial charge in [0.25, 0.3) is 0 Å². The number of nitrogens with zero attached hydrogens (tertiary/aromatic N) is 6. The van der Waals surface area contributed by atoms with Crippen molar-refractivity contribution < 1.29 is 0 Å². The number of aromatic nitrogens is 6. The Hall–Kier alpha value is -1.95. The van der Waals surface area contributed by atoms with Crippen molar-refractivity contribution in [3.63, 3.8) is 0 Å². The first kappa shape index (κ1) is 13.1. The maximum Gasteiger partial charge on any atom is 0.199 e. The fourth-order valence-corrected chi connectivity index (χ4v) is 2.68. The van der Waals surface area contributed by atoms with Crippen LogP contribution in [-0.4, -0.2) is 29.4 Å². The molecule has 0 aliphatic heterocycles. The standard InChI is InChI=1S/C13H15ClN6/c1-6-8(3)20-12(16-17-13(20)11(14)15-6)10-7(2)18-19(5)9(10)4/h1-5H3. The summed E-state index contributed by atoms with van der Waals surface area (Å²) in [6.45, 7) is 7.89. The van der Waals surface area contributed by atoms with Gasteiger partial charge in [0.15, 0.2) is 16.6 Å². The summed E-state index contributed by atoms with van der Waals surface area (Å²) in [7, 11) is 1.92. The molecule has 3 aromatic heterocycles. The molecule has 0 aliphatic carbocycles. The molecule has 0 amide bonds. The first-order chi connectivity index (χ1) is 9.41. The molecular formula is C13H15ClN6. The van der Waals surface area contributed by atoms with Crippen molar-refractivity contribution in [3.8, 4) is 11.4 Å². The molecule has 6 nitrogen and oxygen atoms in total. The average Bonchev–Trinajstić information content (AvgIpc) is 2.90. The van der Waals surface area contributed by atoms with E-state index in [0.29, 0.717) is 10.8 Å². The van der Waals surface area contributed by atoms with E-state index < -0.39 is 0 Å². The fourth-order valence-electron chi connectivity index (χ4n) is 2.43. The second kappa shape index (κ2) is 4.28. The average molecular weight is 291 g/mol. The molecule has 0 aliphatic rings. The monoisotopic (exact) mass is 290 g/mol. The highest BCUT2D eigenvalue weighted by molar-refractivity contribution is 6.32. The number of aryl methyl sites for hydroxylation is 4. The molecule has 3 heterocycles. The van der Waals surface area contributed by atoms with E-state index in [1.54, 1.807) is 0 Å². The molecule has 7 heteroatoms. The number of rotatable bonds is 1. The zero-order chi connectivity index (χ0) is 14.6. The van der Waals surface area contributed by atoms with Crippen LogP contribution in [0.4, 0.5) is 0 Å². The van der Waals surface area contributed by atoms with Crippen LogP contribution in [0.2, 0.25) is 5.15 Å². The molecule has 20 heavy (non-hydrogen) atoms. The van der Waals surface area contributed by atoms with Crippen LogP contribution in [0.3, 0.4) is 0 Å². The molecular weight excluding hydrogens is 276 g/mol. The summed E-state index contributed by atoms with van der Waals surface area (Å²) in [5.41, 5.74) is 5.37. The lowest BCUT2D eigenvalue weighted by Gasteiger charge is -2.07. The van der Waals surface area contributed by atoms with Crippen molar-refractivity contribution in [1.29, 1.82) is 0 Å². The van der Waals surface area contributed by atoms with Crippen molar-refractivity contribution in [2.45, 2.75) is 27.7 Å². The van der Waals surface area contributed by atoms with Gasteiger partial charge < -0.3 is 0 Å². The first-order valence-electron chi connectivity index (χ1n) is 6.30. The minimum atomic E-state index is 0.367. The molecule has 3 rings (SSSR count). The number of hydrogen-bond acceptors (Lipinski definition) is 4. The van der Waals surface area contributed by atoms with Crippen LogP contribution in [0.25, 0.3) is 17.0 Å². The summed E-state index contributed by atoms with van der Waals surface area (Å²) < 4.78 is 3.79. The largest absolute Gasteiger partial charge is 0.275 e. The molecule has 104 valence electrons. The molecule has 0 radical (unpaired) electrons. The lowest BCUT2D eigenvalue weighted by atomic mass is 10.2. The third-order valence-electron chi connectivity index (χ3n) is 3.71. The van der Waals surface area contributed by atoms with Crippen molar-refractivity contribution in [1.82, 2.24) is 29.4 Å². The SMILES string of the molecule is Cc1nn(C)c(C)c1-c1nnc2c(Cl)nc(C)c(C)n12. The molecule has 0 fully saturated rings. The molecule has 0 aromatic carbocycles. The second-order valence-electron chi connectivity index (χ2n) is 4.93. The van der Waals surface area contributed by atoms with E-state index in [1.165, 1.54) is 0 Å². The molecule has 0 bridgehead atoms. The highest BCUT2D eigenvalue weighted by Gasteiger charge is 2.20. The Bertz CT molecular complexity index is 829. The molecule has 0 unspecified atom stereocenters. The molecule has 0 N–H and O–H groups in total. The molecule has 0 saturated carbocycles. The van der Waals surface area contributed by atoms with Gasteiger partial charge in [-0.2, -0.15) is 5.10 Å². The lowest BCUT2D eigenvalue weighted by Crippen LogP contribution is -2.02. The summed E-state index contributed by atoms with van der Waals surface area (Å²) in [5.74, 6) is 0.757. The number of halogens is 1. The van der Waals surface area contributed by atoms with Crippen LogP contribution < -0.4 is 0 Å². The highest BCUT2D eigenvalue weighted by Crippen LogP contribution is 2.28. The van der Waals surface area contributed by atoms with E-state index in [0.717, 1.165) is 34.2 Å². The fraction of sp³-hybridized carbons (Fsp3) is 0.385. The zero-order valence-electron chi connectivity index (χ0n) is 12.1. The second-order valence-corrected chi connectivity index (χ2v) is 5.28. The Morgan fingerprint density at radius 1 is 0.950 bits per heavy atom. The summed E-state index contributed by atoms with van der Waals surface area (Å²) in [6.07, 6.45) is 0. The Labute approximate surface area is 121 Å². The highest BCUT2D eigenvalue weighted by atomic mass is 35.5. The summed E-state index contributed by atoms with van der Waals surface area (Å²) >= 11 is 6.16. The van der Waals surface area contributed by atoms with Crippen LogP contribution >= 0.6 is 11.6 Å². The van der Waals surface area contributed by atoms with Crippen molar-refractivity contribution in [2.75, 3.05) is 0 Å². The Balaban J connectivity index is 2.44. The number of hydrogen-bond donors (Lipinski definition) is 0. The quantitative estimate of drug-likeness (QED) is 0.690. The topological polar surface area (TPSA) is 60.9 Å². The van der Waals surface area contributed by atoms with E-state index in [2.05, 4.69) is 20.3 Å². The minimum Gasteiger partial charge on any atom is -0.275 e. The van der Waals surface area contributed by atoms with Gasteiger partial charge >= 0.3 is 0 Å². The van der Waals surface area contributed by atoms with Gasteiger partial charge in [-0.3, -0.25) is 9.08 Å². The van der Waals surface area contributed by atoms with Crippen molar-refractivity contribution in [3.05, 3.63) is 27.9 Å². The van der Waals surface area contributed by atoms with Gasteiger partial charge in [0, 0.05) is 18.4 Å². The molecule has 0 saturated heterocycles. The van der Waals surface area contributed by atoms with Crippen molar-refractivity contribution in [2.24, 2.45) is 7.05 Å². The molecule has 0 spiro atoms. The molecule has 0 atom stereocenters. The lowest BCUT2D eigenvalue weighted by molar-refractivity contribution is 0.731. The summed E-state index contributed by atoms with van der Waals surface area (Å²) in [6, 6.07) is 0. The smallest absolute Gasteiger partial charge is 0.199 e. The van der Waals surface area contributed by atoms with E-state index in [4.69, 9.17) is 11.6 Å². The first-order valence-corrected chi connectivity index (χ1v) is 6.68. The molecule has 3 aromatic rings. The normalized spacial score (nSPS) is 11.5. The van der Waals surface area contributed by atoms with Crippen LogP contribution in [0, 0.1) is 27.7 Å². The van der Waals surface area contributed by atoms with Gasteiger partial charge in [0.1, 0.15) is 0 Å².